The van der Waals surface area contributed by atoms with Crippen LogP contribution in [0.1, 0.15) is 8.22 Å². The van der Waals surface area contributed by atoms with Crippen LogP contribution in [0.3, 0.4) is 0 Å². The monoisotopic (exact) mass is 789 g/mol. The maximum absolute atomic E-state index is 9.30. The van der Waals surface area contributed by atoms with Crippen molar-refractivity contribution in [1.29, 1.82) is 0 Å². The van der Waals surface area contributed by atoms with Crippen molar-refractivity contribution in [1.82, 2.24) is 15.0 Å². The molecule has 3 heterocycles. The summed E-state index contributed by atoms with van der Waals surface area (Å²) in [6.07, 6.45) is 0. The first-order valence-corrected chi connectivity index (χ1v) is 20.4. The molecule has 0 saturated heterocycles. The summed E-state index contributed by atoms with van der Waals surface area (Å²) >= 11 is 1.37. The molecule has 0 saturated carbocycles. The molecular formula is C55H33N3OS. The fourth-order valence-electron chi connectivity index (χ4n) is 8.13. The molecule has 0 spiro atoms. The summed E-state index contributed by atoms with van der Waals surface area (Å²) in [4.78, 5) is 15.3. The average molecular weight is 790 g/mol. The summed E-state index contributed by atoms with van der Waals surface area (Å²) in [6.45, 7) is 0. The summed E-state index contributed by atoms with van der Waals surface area (Å²) in [7, 11) is 0. The number of fused-ring (bicyclic) bond motifs is 8. The van der Waals surface area contributed by atoms with E-state index < -0.39 is 0 Å². The Morgan fingerprint density at radius 2 is 1.03 bits per heavy atom. The number of hydrogen-bond acceptors (Lipinski definition) is 5. The van der Waals surface area contributed by atoms with E-state index in [4.69, 9.17) is 24.9 Å². The lowest BCUT2D eigenvalue weighted by atomic mass is 9.97. The van der Waals surface area contributed by atoms with Crippen molar-refractivity contribution >= 4 is 64.2 Å². The van der Waals surface area contributed by atoms with Crippen LogP contribution < -0.4 is 0 Å². The maximum Gasteiger partial charge on any atom is 0.164 e. The summed E-state index contributed by atoms with van der Waals surface area (Å²) in [5, 5.41) is 3.92. The molecule has 9 aromatic carbocycles. The van der Waals surface area contributed by atoms with Crippen molar-refractivity contribution in [2.45, 2.75) is 0 Å². The molecule has 12 aromatic rings. The number of furan rings is 1. The van der Waals surface area contributed by atoms with E-state index in [0.717, 1.165) is 49.7 Å². The number of thiophene rings is 1. The van der Waals surface area contributed by atoms with Gasteiger partial charge in [-0.15, -0.1) is 11.3 Å². The minimum atomic E-state index is -0.142. The zero-order valence-electron chi connectivity index (χ0n) is 37.7. The first-order valence-electron chi connectivity index (χ1n) is 22.6. The number of hydrogen-bond donors (Lipinski definition) is 0. The van der Waals surface area contributed by atoms with Crippen LogP contribution in [0, 0.1) is 0 Å². The molecule has 0 bridgehead atoms. The van der Waals surface area contributed by atoms with Crippen LogP contribution >= 0.6 is 11.3 Å². The van der Waals surface area contributed by atoms with Gasteiger partial charge in [-0.25, -0.2) is 15.0 Å². The van der Waals surface area contributed by atoms with E-state index in [1.165, 1.54) is 11.3 Å². The highest BCUT2D eigenvalue weighted by molar-refractivity contribution is 7.26. The Bertz CT molecular complexity index is 3970. The Kier molecular flexibility index (Phi) is 6.67. The highest BCUT2D eigenvalue weighted by Crippen LogP contribution is 2.43. The molecule has 0 fully saturated rings. The molecule has 12 rings (SSSR count). The number of nitrogens with zero attached hydrogens (tertiary/aromatic N) is 3. The highest BCUT2D eigenvalue weighted by Gasteiger charge is 2.18. The Morgan fingerprint density at radius 1 is 0.400 bits per heavy atom. The zero-order chi connectivity index (χ0) is 44.8. The Morgan fingerprint density at radius 3 is 1.78 bits per heavy atom. The lowest BCUT2D eigenvalue weighted by Gasteiger charge is -2.11. The molecule has 280 valence electrons. The minimum absolute atomic E-state index is 0.0159. The second-order valence-corrected chi connectivity index (χ2v) is 15.8. The fourth-order valence-corrected chi connectivity index (χ4v) is 9.31. The molecule has 60 heavy (non-hydrogen) atoms. The van der Waals surface area contributed by atoms with Crippen molar-refractivity contribution in [2.75, 3.05) is 0 Å². The first-order chi connectivity index (χ1) is 32.2. The van der Waals surface area contributed by atoms with Crippen molar-refractivity contribution in [3.63, 3.8) is 0 Å². The predicted octanol–water partition coefficient (Wildman–Crippen LogP) is 15.3. The average Bonchev–Trinajstić information content (AvgIpc) is 3.92. The van der Waals surface area contributed by atoms with Crippen LogP contribution in [0.2, 0.25) is 0 Å². The smallest absolute Gasteiger partial charge is 0.164 e. The van der Waals surface area contributed by atoms with Gasteiger partial charge in [0.05, 0.1) is 8.22 Å². The van der Waals surface area contributed by atoms with Gasteiger partial charge in [0.25, 0.3) is 0 Å². The van der Waals surface area contributed by atoms with Gasteiger partial charge in [0.2, 0.25) is 0 Å². The van der Waals surface area contributed by atoms with E-state index in [0.29, 0.717) is 65.3 Å². The zero-order valence-corrected chi connectivity index (χ0v) is 32.6. The van der Waals surface area contributed by atoms with E-state index in [9.17, 15) is 2.74 Å². The topological polar surface area (TPSA) is 51.8 Å². The Hall–Kier alpha value is -7.73. The van der Waals surface area contributed by atoms with Crippen molar-refractivity contribution in [3.8, 4) is 67.5 Å². The molecule has 0 amide bonds. The van der Waals surface area contributed by atoms with E-state index in [1.807, 2.05) is 97.1 Å². The molecular weight excluding hydrogens is 751 g/mol. The van der Waals surface area contributed by atoms with Crippen LogP contribution in [-0.2, 0) is 0 Å². The summed E-state index contributed by atoms with van der Waals surface area (Å²) in [5.74, 6) is 1.31. The third-order valence-electron chi connectivity index (χ3n) is 11.1. The molecule has 0 N–H and O–H groups in total. The van der Waals surface area contributed by atoms with Crippen LogP contribution in [0.15, 0.2) is 204 Å². The summed E-state index contributed by atoms with van der Waals surface area (Å²) in [5.41, 5.74) is 9.04. The quantitative estimate of drug-likeness (QED) is 0.168. The summed E-state index contributed by atoms with van der Waals surface area (Å²) < 4.78 is 61.1. The van der Waals surface area contributed by atoms with Crippen LogP contribution in [0.5, 0.6) is 0 Å². The molecule has 0 aliphatic heterocycles. The van der Waals surface area contributed by atoms with Gasteiger partial charge in [-0.05, 0) is 86.6 Å². The predicted molar refractivity (Wildman–Crippen MR) is 250 cm³/mol. The SMILES string of the molecule is [2H]c1cc2sc3c4ccc([2H])c([2H])c4c([2H])c([2H])c3c2c(-c2cccc(-c3nc(-c4cccc(-c5ccccc5)c4)nc(-c4ccc5c(c4)oc4ccc(-c6ccccc6)cc45)n3)c2)c1[2H]. The first kappa shape index (κ1) is 28.6. The molecule has 0 atom stereocenters. The third kappa shape index (κ3) is 5.86. The van der Waals surface area contributed by atoms with Gasteiger partial charge >= 0.3 is 0 Å². The number of aromatic nitrogens is 3. The van der Waals surface area contributed by atoms with Crippen LogP contribution in [0.25, 0.3) is 120 Å². The normalized spacial score (nSPS) is 13.1. The largest absolute Gasteiger partial charge is 0.456 e. The van der Waals surface area contributed by atoms with Crippen molar-refractivity contribution in [3.05, 3.63) is 200 Å². The highest BCUT2D eigenvalue weighted by atomic mass is 32.1. The van der Waals surface area contributed by atoms with Gasteiger partial charge < -0.3 is 4.42 Å². The van der Waals surface area contributed by atoms with E-state index in [2.05, 4.69) is 48.5 Å². The van der Waals surface area contributed by atoms with Gasteiger partial charge in [0.1, 0.15) is 11.2 Å². The van der Waals surface area contributed by atoms with Crippen LogP contribution in [-0.4, -0.2) is 15.0 Å². The molecule has 0 aliphatic carbocycles. The standard InChI is InChI=1S/C55H33N3OS/c1-3-12-34(13-4-1)37-17-9-19-40(30-37)53-56-54(58-55(57-53)42-25-27-45-47-32-38(35-14-5-2-6-15-35)26-29-48(47)59-49(45)33-42)41-20-10-18-39(31-41)43-22-11-23-50-51(43)46-28-24-36-16-7-8-21-44(36)52(46)60-50/h1-33H/i7D,11D,16D,22D,24D,28D. The lowest BCUT2D eigenvalue weighted by molar-refractivity contribution is 0.669. The van der Waals surface area contributed by atoms with E-state index in [-0.39, 0.29) is 41.6 Å². The maximum atomic E-state index is 9.30. The van der Waals surface area contributed by atoms with Gasteiger partial charge in [0, 0.05) is 47.6 Å². The molecule has 3 aromatic heterocycles. The van der Waals surface area contributed by atoms with Crippen molar-refractivity contribution in [2.24, 2.45) is 0 Å². The second-order valence-electron chi connectivity index (χ2n) is 14.7. The molecule has 0 aliphatic rings. The molecule has 4 nitrogen and oxygen atoms in total. The van der Waals surface area contributed by atoms with E-state index in [1.54, 1.807) is 18.2 Å². The number of rotatable bonds is 6. The van der Waals surface area contributed by atoms with Gasteiger partial charge in [-0.2, -0.15) is 0 Å². The summed E-state index contributed by atoms with van der Waals surface area (Å²) in [6, 6.07) is 52.9. The minimum Gasteiger partial charge on any atom is -0.456 e. The number of benzene rings is 9. The molecule has 5 heteroatoms. The Balaban J connectivity index is 1.04. The Labute approximate surface area is 358 Å². The van der Waals surface area contributed by atoms with E-state index >= 15 is 0 Å². The lowest BCUT2D eigenvalue weighted by Crippen LogP contribution is -2.00. The molecule has 0 radical (unpaired) electrons. The molecule has 0 unspecified atom stereocenters. The van der Waals surface area contributed by atoms with Gasteiger partial charge in [-0.3, -0.25) is 0 Å². The second kappa shape index (κ2) is 14.0. The van der Waals surface area contributed by atoms with Gasteiger partial charge in [-0.1, -0.05) is 158 Å². The third-order valence-corrected chi connectivity index (χ3v) is 12.2. The fraction of sp³-hybridized carbons (Fsp3) is 0. The van der Waals surface area contributed by atoms with Gasteiger partial charge in [0.15, 0.2) is 17.5 Å². The van der Waals surface area contributed by atoms with Crippen molar-refractivity contribution < 1.29 is 12.6 Å². The van der Waals surface area contributed by atoms with Crippen LogP contribution in [0.4, 0.5) is 0 Å².